The van der Waals surface area contributed by atoms with E-state index in [1.807, 2.05) is 37.3 Å². The fourth-order valence-corrected chi connectivity index (χ4v) is 2.11. The van der Waals surface area contributed by atoms with E-state index < -0.39 is 5.91 Å². The molecule has 0 saturated carbocycles. The first-order valence-electron chi connectivity index (χ1n) is 7.33. The van der Waals surface area contributed by atoms with E-state index in [0.717, 1.165) is 5.56 Å². The third kappa shape index (κ3) is 3.49. The number of nitrogens with one attached hydrogen (secondary N) is 2. The van der Waals surface area contributed by atoms with Gasteiger partial charge >= 0.3 is 0 Å². The van der Waals surface area contributed by atoms with Gasteiger partial charge in [0.25, 0.3) is 11.5 Å². The summed E-state index contributed by atoms with van der Waals surface area (Å²) in [5.41, 5.74) is 1.25. The van der Waals surface area contributed by atoms with Crippen molar-refractivity contribution >= 4 is 11.6 Å². The molecular formula is C18H15N3O3. The largest absolute Gasteiger partial charge is 0.455 e. The van der Waals surface area contributed by atoms with Gasteiger partial charge in [-0.2, -0.15) is 5.10 Å². The molecule has 2 aromatic carbocycles. The Labute approximate surface area is 138 Å². The zero-order valence-corrected chi connectivity index (χ0v) is 12.9. The molecule has 0 spiro atoms. The molecule has 6 heteroatoms. The van der Waals surface area contributed by atoms with E-state index in [9.17, 15) is 9.59 Å². The van der Waals surface area contributed by atoms with Crippen LogP contribution < -0.4 is 15.6 Å². The Morgan fingerprint density at radius 2 is 1.71 bits per heavy atom. The number of H-pyrrole nitrogens is 1. The lowest BCUT2D eigenvalue weighted by Gasteiger charge is -2.13. The van der Waals surface area contributed by atoms with Crippen molar-refractivity contribution in [3.05, 3.63) is 82.3 Å². The fourth-order valence-electron chi connectivity index (χ4n) is 2.11. The van der Waals surface area contributed by atoms with Crippen LogP contribution in [0.15, 0.2) is 65.5 Å². The van der Waals surface area contributed by atoms with Crippen LogP contribution in [-0.2, 0) is 0 Å². The summed E-state index contributed by atoms with van der Waals surface area (Å²) in [5, 5.41) is 8.68. The summed E-state index contributed by atoms with van der Waals surface area (Å²) in [6.07, 6.45) is 0. The number of aryl methyl sites for hydroxylation is 1. The lowest BCUT2D eigenvalue weighted by atomic mass is 10.2. The number of aromatic amines is 1. The molecule has 1 amide bonds. The van der Waals surface area contributed by atoms with E-state index in [0.29, 0.717) is 17.2 Å². The lowest BCUT2D eigenvalue weighted by molar-refractivity contribution is 0.102. The van der Waals surface area contributed by atoms with Gasteiger partial charge < -0.3 is 10.1 Å². The first-order chi connectivity index (χ1) is 11.6. The van der Waals surface area contributed by atoms with Crippen molar-refractivity contribution < 1.29 is 9.53 Å². The number of rotatable bonds is 4. The van der Waals surface area contributed by atoms with Gasteiger partial charge in [0, 0.05) is 6.07 Å². The van der Waals surface area contributed by atoms with Gasteiger partial charge in [-0.1, -0.05) is 30.3 Å². The summed E-state index contributed by atoms with van der Waals surface area (Å²) >= 11 is 0. The number of hydrogen-bond acceptors (Lipinski definition) is 4. The van der Waals surface area contributed by atoms with Crippen LogP contribution in [0.3, 0.4) is 0 Å². The molecule has 0 bridgehead atoms. The molecule has 0 radical (unpaired) electrons. The maximum atomic E-state index is 12.2. The van der Waals surface area contributed by atoms with Crippen molar-refractivity contribution in [2.75, 3.05) is 5.32 Å². The highest BCUT2D eigenvalue weighted by molar-refractivity contribution is 6.03. The Kier molecular flexibility index (Phi) is 4.38. The normalized spacial score (nSPS) is 10.2. The number of aromatic nitrogens is 2. The summed E-state index contributed by atoms with van der Waals surface area (Å²) in [4.78, 5) is 23.3. The molecular weight excluding hydrogens is 306 g/mol. The smallest absolute Gasteiger partial charge is 0.276 e. The van der Waals surface area contributed by atoms with Crippen LogP contribution in [0.2, 0.25) is 0 Å². The molecule has 0 unspecified atom stereocenters. The van der Waals surface area contributed by atoms with Crippen molar-refractivity contribution in [1.82, 2.24) is 10.2 Å². The zero-order valence-electron chi connectivity index (χ0n) is 12.9. The summed E-state index contributed by atoms with van der Waals surface area (Å²) in [7, 11) is 0. The predicted molar refractivity (Wildman–Crippen MR) is 90.5 cm³/mol. The molecule has 0 aliphatic heterocycles. The van der Waals surface area contributed by atoms with E-state index in [2.05, 4.69) is 15.5 Å². The molecule has 0 aliphatic rings. The van der Waals surface area contributed by atoms with Crippen molar-refractivity contribution in [2.24, 2.45) is 0 Å². The fraction of sp³-hybridized carbons (Fsp3) is 0.0556. The average molecular weight is 321 g/mol. The monoisotopic (exact) mass is 321 g/mol. The zero-order chi connectivity index (χ0) is 16.9. The maximum absolute atomic E-state index is 12.2. The quantitative estimate of drug-likeness (QED) is 0.773. The minimum atomic E-state index is -0.438. The third-order valence-electron chi connectivity index (χ3n) is 3.36. The molecule has 0 aliphatic carbocycles. The highest BCUT2D eigenvalue weighted by Gasteiger charge is 2.12. The van der Waals surface area contributed by atoms with Crippen LogP contribution in [0.25, 0.3) is 0 Å². The van der Waals surface area contributed by atoms with Gasteiger partial charge in [0.1, 0.15) is 11.4 Å². The van der Waals surface area contributed by atoms with Crippen molar-refractivity contribution in [1.29, 1.82) is 0 Å². The molecule has 3 rings (SSSR count). The SMILES string of the molecule is Cc1ccccc1Oc1ccccc1NC(=O)c1ccc(=O)[nH]n1. The topological polar surface area (TPSA) is 84.1 Å². The van der Waals surface area contributed by atoms with E-state index in [4.69, 9.17) is 4.74 Å². The number of benzene rings is 2. The van der Waals surface area contributed by atoms with Gasteiger partial charge in [0.05, 0.1) is 5.69 Å². The van der Waals surface area contributed by atoms with Crippen LogP contribution in [0.1, 0.15) is 16.1 Å². The Morgan fingerprint density at radius 3 is 2.42 bits per heavy atom. The van der Waals surface area contributed by atoms with Gasteiger partial charge in [-0.3, -0.25) is 9.59 Å². The Balaban J connectivity index is 1.84. The van der Waals surface area contributed by atoms with E-state index >= 15 is 0 Å². The summed E-state index contributed by atoms with van der Waals surface area (Å²) in [5.74, 6) is 0.790. The molecule has 0 atom stereocenters. The predicted octanol–water partition coefficient (Wildman–Crippen LogP) is 3.12. The molecule has 120 valence electrons. The Hall–Kier alpha value is -3.41. The number of hydrogen-bond donors (Lipinski definition) is 2. The van der Waals surface area contributed by atoms with Crippen LogP contribution in [0, 0.1) is 6.92 Å². The van der Waals surface area contributed by atoms with Gasteiger partial charge in [-0.05, 0) is 36.8 Å². The van der Waals surface area contributed by atoms with Crippen LogP contribution in [-0.4, -0.2) is 16.1 Å². The molecule has 1 aromatic heterocycles. The molecule has 0 fully saturated rings. The van der Waals surface area contributed by atoms with Crippen molar-refractivity contribution in [3.8, 4) is 11.5 Å². The minimum absolute atomic E-state index is 0.111. The second-order valence-corrected chi connectivity index (χ2v) is 5.12. The highest BCUT2D eigenvalue weighted by atomic mass is 16.5. The van der Waals surface area contributed by atoms with E-state index in [1.54, 1.807) is 18.2 Å². The van der Waals surface area contributed by atoms with Gasteiger partial charge in [0.15, 0.2) is 5.75 Å². The number of carbonyl (C=O) groups is 1. The Bertz CT molecular complexity index is 914. The number of ether oxygens (including phenoxy) is 1. The number of carbonyl (C=O) groups excluding carboxylic acids is 1. The van der Waals surface area contributed by atoms with Gasteiger partial charge in [-0.15, -0.1) is 0 Å². The lowest BCUT2D eigenvalue weighted by Crippen LogP contribution is -2.17. The average Bonchev–Trinajstić information content (AvgIpc) is 2.59. The third-order valence-corrected chi connectivity index (χ3v) is 3.36. The first-order valence-corrected chi connectivity index (χ1v) is 7.33. The highest BCUT2D eigenvalue weighted by Crippen LogP contribution is 2.31. The standard InChI is InChI=1S/C18H15N3O3/c1-12-6-2-4-8-15(12)24-16-9-5-3-7-13(16)19-18(23)14-10-11-17(22)21-20-14/h2-11H,1H3,(H,19,23)(H,21,22). The van der Waals surface area contributed by atoms with E-state index in [-0.39, 0.29) is 11.3 Å². The Morgan fingerprint density at radius 1 is 1.00 bits per heavy atom. The summed E-state index contributed by atoms with van der Waals surface area (Å²) in [6, 6.07) is 17.3. The van der Waals surface area contributed by atoms with Gasteiger partial charge in [0.2, 0.25) is 0 Å². The molecule has 2 N–H and O–H groups in total. The van der Waals surface area contributed by atoms with Crippen molar-refractivity contribution in [2.45, 2.75) is 6.92 Å². The number of anilines is 1. The summed E-state index contributed by atoms with van der Waals surface area (Å²) < 4.78 is 5.90. The maximum Gasteiger partial charge on any atom is 0.276 e. The number of nitrogens with zero attached hydrogens (tertiary/aromatic N) is 1. The molecule has 1 heterocycles. The van der Waals surface area contributed by atoms with Gasteiger partial charge in [-0.25, -0.2) is 5.10 Å². The summed E-state index contributed by atoms with van der Waals surface area (Å²) in [6.45, 7) is 1.95. The number of para-hydroxylation sites is 3. The number of amides is 1. The molecule has 3 aromatic rings. The van der Waals surface area contributed by atoms with E-state index in [1.165, 1.54) is 12.1 Å². The second-order valence-electron chi connectivity index (χ2n) is 5.12. The molecule has 6 nitrogen and oxygen atoms in total. The van der Waals surface area contributed by atoms with Crippen molar-refractivity contribution in [3.63, 3.8) is 0 Å². The minimum Gasteiger partial charge on any atom is -0.455 e. The van der Waals surface area contributed by atoms with Crippen LogP contribution in [0.5, 0.6) is 11.5 Å². The first kappa shape index (κ1) is 15.5. The molecule has 24 heavy (non-hydrogen) atoms. The second kappa shape index (κ2) is 6.78. The molecule has 0 saturated heterocycles. The van der Waals surface area contributed by atoms with Crippen LogP contribution in [0.4, 0.5) is 5.69 Å². The van der Waals surface area contributed by atoms with Crippen LogP contribution >= 0.6 is 0 Å².